The van der Waals surface area contributed by atoms with Crippen molar-refractivity contribution in [1.29, 1.82) is 0 Å². The van der Waals surface area contributed by atoms with Crippen LogP contribution in [0.15, 0.2) is 84.9 Å². The van der Waals surface area contributed by atoms with Crippen LogP contribution in [0.1, 0.15) is 15.9 Å². The quantitative estimate of drug-likeness (QED) is 0.689. The Morgan fingerprint density at radius 2 is 1.39 bits per heavy atom. The molecule has 3 nitrogen and oxygen atoms in total. The molecular formula is C20H17NO2. The molecule has 0 bridgehead atoms. The second kappa shape index (κ2) is 7.27. The van der Waals surface area contributed by atoms with Crippen molar-refractivity contribution in [1.82, 2.24) is 0 Å². The van der Waals surface area contributed by atoms with Crippen LogP contribution < -0.4 is 5.32 Å². The molecule has 0 heterocycles. The Morgan fingerprint density at radius 3 is 2.13 bits per heavy atom. The molecule has 0 saturated carbocycles. The van der Waals surface area contributed by atoms with Gasteiger partial charge in [-0.2, -0.15) is 0 Å². The summed E-state index contributed by atoms with van der Waals surface area (Å²) in [7, 11) is 0. The molecule has 0 spiro atoms. The van der Waals surface area contributed by atoms with Crippen LogP contribution in [-0.4, -0.2) is 5.97 Å². The minimum absolute atomic E-state index is 0.263. The summed E-state index contributed by atoms with van der Waals surface area (Å²) in [5.74, 6) is -0.340. The van der Waals surface area contributed by atoms with E-state index in [2.05, 4.69) is 5.32 Å². The maximum Gasteiger partial charge on any atom is 0.340 e. The van der Waals surface area contributed by atoms with Crippen LogP contribution in [0.25, 0.3) is 0 Å². The SMILES string of the molecule is O=C(OCc1ccccc1)c1ccccc1Nc1ccccc1. The van der Waals surface area contributed by atoms with Crippen LogP contribution in [0.5, 0.6) is 0 Å². The van der Waals surface area contributed by atoms with Crippen LogP contribution in [0.4, 0.5) is 11.4 Å². The molecule has 3 aromatic carbocycles. The third kappa shape index (κ3) is 3.98. The van der Waals surface area contributed by atoms with Crippen molar-refractivity contribution < 1.29 is 9.53 Å². The van der Waals surface area contributed by atoms with Crippen LogP contribution in [0, 0.1) is 0 Å². The molecule has 3 heteroatoms. The number of rotatable bonds is 5. The predicted molar refractivity (Wildman–Crippen MR) is 91.7 cm³/mol. The van der Waals surface area contributed by atoms with Gasteiger partial charge in [-0.15, -0.1) is 0 Å². The fraction of sp³-hybridized carbons (Fsp3) is 0.0500. The van der Waals surface area contributed by atoms with Crippen molar-refractivity contribution in [2.24, 2.45) is 0 Å². The van der Waals surface area contributed by atoms with Crippen molar-refractivity contribution in [3.63, 3.8) is 0 Å². The Balaban J connectivity index is 1.73. The summed E-state index contributed by atoms with van der Waals surface area (Å²) in [6.07, 6.45) is 0. The minimum Gasteiger partial charge on any atom is -0.457 e. The van der Waals surface area contributed by atoms with Crippen molar-refractivity contribution >= 4 is 17.3 Å². The molecule has 0 amide bonds. The number of carbonyl (C=O) groups is 1. The van der Waals surface area contributed by atoms with Crippen LogP contribution >= 0.6 is 0 Å². The summed E-state index contributed by atoms with van der Waals surface area (Å²) in [5.41, 5.74) is 3.15. The number of ether oxygens (including phenoxy) is 1. The Morgan fingerprint density at radius 1 is 0.783 bits per heavy atom. The molecule has 0 aromatic heterocycles. The van der Waals surface area contributed by atoms with Gasteiger partial charge in [0, 0.05) is 5.69 Å². The number of esters is 1. The highest BCUT2D eigenvalue weighted by Crippen LogP contribution is 2.21. The van der Waals surface area contributed by atoms with E-state index >= 15 is 0 Å². The first-order valence-electron chi connectivity index (χ1n) is 7.45. The summed E-state index contributed by atoms with van der Waals surface area (Å²) in [6.45, 7) is 0.263. The number of nitrogens with one attached hydrogen (secondary N) is 1. The van der Waals surface area contributed by atoms with Gasteiger partial charge in [-0.05, 0) is 29.8 Å². The molecule has 0 atom stereocenters. The minimum atomic E-state index is -0.340. The van der Waals surface area contributed by atoms with Gasteiger partial charge in [-0.3, -0.25) is 0 Å². The molecule has 0 aliphatic carbocycles. The number of benzene rings is 3. The second-order valence-corrected chi connectivity index (χ2v) is 5.10. The lowest BCUT2D eigenvalue weighted by atomic mass is 10.1. The summed E-state index contributed by atoms with van der Waals surface area (Å²) in [4.78, 5) is 12.4. The Hall–Kier alpha value is -3.07. The zero-order valence-electron chi connectivity index (χ0n) is 12.6. The molecule has 1 N–H and O–H groups in total. The Labute approximate surface area is 135 Å². The molecular weight excluding hydrogens is 286 g/mol. The van der Waals surface area contributed by atoms with Crippen molar-refractivity contribution in [3.05, 3.63) is 96.1 Å². The topological polar surface area (TPSA) is 38.3 Å². The maximum atomic E-state index is 12.4. The lowest BCUT2D eigenvalue weighted by molar-refractivity contribution is 0.0474. The second-order valence-electron chi connectivity index (χ2n) is 5.10. The van der Waals surface area contributed by atoms with Gasteiger partial charge >= 0.3 is 5.97 Å². The normalized spacial score (nSPS) is 10.1. The number of carbonyl (C=O) groups excluding carboxylic acids is 1. The van der Waals surface area contributed by atoms with E-state index in [-0.39, 0.29) is 12.6 Å². The summed E-state index contributed by atoms with van der Waals surface area (Å²) < 4.78 is 5.41. The average Bonchev–Trinajstić information content (AvgIpc) is 2.62. The van der Waals surface area contributed by atoms with Gasteiger partial charge < -0.3 is 10.1 Å². The fourth-order valence-corrected chi connectivity index (χ4v) is 2.25. The lowest BCUT2D eigenvalue weighted by Crippen LogP contribution is -2.08. The molecule has 0 aliphatic rings. The van der Waals surface area contributed by atoms with Gasteiger partial charge in [-0.1, -0.05) is 60.7 Å². The lowest BCUT2D eigenvalue weighted by Gasteiger charge is -2.11. The van der Waals surface area contributed by atoms with Gasteiger partial charge in [0.05, 0.1) is 11.3 Å². The van der Waals surface area contributed by atoms with Crippen LogP contribution in [0.2, 0.25) is 0 Å². The summed E-state index contributed by atoms with van der Waals surface area (Å²) in [6, 6.07) is 26.7. The highest BCUT2D eigenvalue weighted by molar-refractivity contribution is 5.96. The molecule has 3 aromatic rings. The molecule has 0 radical (unpaired) electrons. The van der Waals surface area contributed by atoms with Gasteiger partial charge in [0.1, 0.15) is 6.61 Å². The van der Waals surface area contributed by atoms with E-state index in [1.807, 2.05) is 78.9 Å². The van der Waals surface area contributed by atoms with Gasteiger partial charge in [0.2, 0.25) is 0 Å². The molecule has 0 aliphatic heterocycles. The molecule has 0 saturated heterocycles. The first-order valence-corrected chi connectivity index (χ1v) is 7.45. The zero-order chi connectivity index (χ0) is 15.9. The molecule has 3 rings (SSSR count). The van der Waals surface area contributed by atoms with Gasteiger partial charge in [-0.25, -0.2) is 4.79 Å². The van der Waals surface area contributed by atoms with Gasteiger partial charge in [0.25, 0.3) is 0 Å². The highest BCUT2D eigenvalue weighted by Gasteiger charge is 2.12. The van der Waals surface area contributed by atoms with Crippen LogP contribution in [-0.2, 0) is 11.3 Å². The number of hydrogen-bond acceptors (Lipinski definition) is 3. The molecule has 0 unspecified atom stereocenters. The van der Waals surface area contributed by atoms with E-state index in [4.69, 9.17) is 4.74 Å². The van der Waals surface area contributed by atoms with Crippen molar-refractivity contribution in [2.45, 2.75) is 6.61 Å². The van der Waals surface area contributed by atoms with Crippen LogP contribution in [0.3, 0.4) is 0 Å². The van der Waals surface area contributed by atoms with E-state index in [1.54, 1.807) is 6.07 Å². The van der Waals surface area contributed by atoms with E-state index in [0.717, 1.165) is 16.9 Å². The number of anilines is 2. The van der Waals surface area contributed by atoms with Crippen molar-refractivity contribution in [3.8, 4) is 0 Å². The predicted octanol–water partition coefficient (Wildman–Crippen LogP) is 4.79. The van der Waals surface area contributed by atoms with E-state index in [0.29, 0.717) is 5.56 Å². The molecule has 23 heavy (non-hydrogen) atoms. The number of hydrogen-bond donors (Lipinski definition) is 1. The van der Waals surface area contributed by atoms with E-state index in [9.17, 15) is 4.79 Å². The summed E-state index contributed by atoms with van der Waals surface area (Å²) >= 11 is 0. The standard InChI is InChI=1S/C20H17NO2/c22-20(23-15-16-9-3-1-4-10-16)18-13-7-8-14-19(18)21-17-11-5-2-6-12-17/h1-14,21H,15H2. The third-order valence-electron chi connectivity index (χ3n) is 3.41. The first kappa shape index (κ1) is 14.9. The highest BCUT2D eigenvalue weighted by atomic mass is 16.5. The van der Waals surface area contributed by atoms with E-state index in [1.165, 1.54) is 0 Å². The Bertz CT molecular complexity index is 770. The largest absolute Gasteiger partial charge is 0.457 e. The maximum absolute atomic E-state index is 12.4. The van der Waals surface area contributed by atoms with Gasteiger partial charge in [0.15, 0.2) is 0 Å². The zero-order valence-corrected chi connectivity index (χ0v) is 12.6. The smallest absolute Gasteiger partial charge is 0.340 e. The molecule has 114 valence electrons. The van der Waals surface area contributed by atoms with E-state index < -0.39 is 0 Å². The Kier molecular flexibility index (Phi) is 4.69. The molecule has 0 fully saturated rings. The monoisotopic (exact) mass is 303 g/mol. The first-order chi connectivity index (χ1) is 11.3. The summed E-state index contributed by atoms with van der Waals surface area (Å²) in [5, 5.41) is 3.25. The number of para-hydroxylation sites is 2. The third-order valence-corrected chi connectivity index (χ3v) is 3.41. The average molecular weight is 303 g/mol. The van der Waals surface area contributed by atoms with Crippen molar-refractivity contribution in [2.75, 3.05) is 5.32 Å². The fourth-order valence-electron chi connectivity index (χ4n) is 2.25.